The molecule has 0 unspecified atom stereocenters. The lowest BCUT2D eigenvalue weighted by Crippen LogP contribution is -2.32. The van der Waals surface area contributed by atoms with Crippen LogP contribution in [0.3, 0.4) is 0 Å². The van der Waals surface area contributed by atoms with Crippen molar-refractivity contribution in [3.05, 3.63) is 59.7 Å². The number of methoxy groups -OCH3 is 1. The molecule has 2 aromatic carbocycles. The average molecular weight is 486 g/mol. The first kappa shape index (κ1) is 25.5. The van der Waals surface area contributed by atoms with Gasteiger partial charge in [0.25, 0.3) is 0 Å². The molecule has 2 N–H and O–H groups in total. The fraction of sp³-hybridized carbons (Fsp3) is 0.360. The first-order valence-corrected chi connectivity index (χ1v) is 12.7. The quantitative estimate of drug-likeness (QED) is 0.558. The van der Waals surface area contributed by atoms with Crippen LogP contribution in [0.4, 0.5) is 5.69 Å². The number of rotatable bonds is 8. The molecular formula is C25H31N3O5S. The van der Waals surface area contributed by atoms with E-state index in [0.717, 1.165) is 31.2 Å². The SMILES string of the molecule is COc1ccc(C)cc1NC(=O)CNC(=O)/C=C/c1ccc(S(=O)(=O)N2CCCCCC2)cc1. The fourth-order valence-electron chi connectivity index (χ4n) is 3.69. The summed E-state index contributed by atoms with van der Waals surface area (Å²) in [4.78, 5) is 24.5. The highest BCUT2D eigenvalue weighted by molar-refractivity contribution is 7.89. The van der Waals surface area contributed by atoms with E-state index in [1.54, 1.807) is 46.8 Å². The molecular weight excluding hydrogens is 454 g/mol. The second-order valence-electron chi connectivity index (χ2n) is 8.19. The number of nitrogens with zero attached hydrogens (tertiary/aromatic N) is 1. The number of ether oxygens (including phenoxy) is 1. The maximum Gasteiger partial charge on any atom is 0.244 e. The number of benzene rings is 2. The zero-order chi connectivity index (χ0) is 24.6. The topological polar surface area (TPSA) is 105 Å². The summed E-state index contributed by atoms with van der Waals surface area (Å²) in [6, 6.07) is 11.8. The molecule has 0 aromatic heterocycles. The molecule has 0 saturated carbocycles. The number of amides is 2. The van der Waals surface area contributed by atoms with Crippen LogP contribution in [0.5, 0.6) is 5.75 Å². The molecule has 0 atom stereocenters. The van der Waals surface area contributed by atoms with Crippen LogP contribution in [-0.2, 0) is 19.6 Å². The minimum absolute atomic E-state index is 0.201. The molecule has 0 spiro atoms. The number of carbonyl (C=O) groups is 2. The maximum atomic E-state index is 12.9. The van der Waals surface area contributed by atoms with Gasteiger partial charge in [0, 0.05) is 19.2 Å². The maximum absolute atomic E-state index is 12.9. The highest BCUT2D eigenvalue weighted by atomic mass is 32.2. The fourth-order valence-corrected chi connectivity index (χ4v) is 5.21. The average Bonchev–Trinajstić information content (AvgIpc) is 3.12. The van der Waals surface area contributed by atoms with Crippen molar-refractivity contribution in [3.63, 3.8) is 0 Å². The van der Waals surface area contributed by atoms with Gasteiger partial charge in [-0.05, 0) is 61.2 Å². The smallest absolute Gasteiger partial charge is 0.244 e. The van der Waals surface area contributed by atoms with Crippen molar-refractivity contribution >= 4 is 33.6 Å². The van der Waals surface area contributed by atoms with E-state index in [1.165, 1.54) is 13.2 Å². The Labute approximate surface area is 201 Å². The van der Waals surface area contributed by atoms with E-state index in [1.807, 2.05) is 13.0 Å². The summed E-state index contributed by atoms with van der Waals surface area (Å²) >= 11 is 0. The summed E-state index contributed by atoms with van der Waals surface area (Å²) in [6.07, 6.45) is 6.74. The number of sulfonamides is 1. The van der Waals surface area contributed by atoms with Gasteiger partial charge in [-0.2, -0.15) is 4.31 Å². The van der Waals surface area contributed by atoms with Crippen molar-refractivity contribution in [3.8, 4) is 5.75 Å². The van der Waals surface area contributed by atoms with Crippen LogP contribution >= 0.6 is 0 Å². The monoisotopic (exact) mass is 485 g/mol. The van der Waals surface area contributed by atoms with E-state index in [0.29, 0.717) is 30.1 Å². The first-order valence-electron chi connectivity index (χ1n) is 11.3. The van der Waals surface area contributed by atoms with Crippen LogP contribution in [0.1, 0.15) is 36.8 Å². The standard InChI is InChI=1S/C25H31N3O5S/c1-19-7-13-23(33-2)22(17-19)27-25(30)18-26-24(29)14-10-20-8-11-21(12-9-20)34(31,32)28-15-5-3-4-6-16-28/h7-14,17H,3-6,15-16,18H2,1-2H3,(H,26,29)(H,27,30)/b14-10+. The van der Waals surface area contributed by atoms with E-state index in [-0.39, 0.29) is 17.3 Å². The predicted octanol–water partition coefficient (Wildman–Crippen LogP) is 3.34. The molecule has 182 valence electrons. The second kappa shape index (κ2) is 11.8. The highest BCUT2D eigenvalue weighted by Gasteiger charge is 2.24. The van der Waals surface area contributed by atoms with E-state index in [2.05, 4.69) is 10.6 Å². The minimum Gasteiger partial charge on any atom is -0.495 e. The number of carbonyl (C=O) groups excluding carboxylic acids is 2. The second-order valence-corrected chi connectivity index (χ2v) is 10.1. The van der Waals surface area contributed by atoms with Crippen molar-refractivity contribution in [2.24, 2.45) is 0 Å². The van der Waals surface area contributed by atoms with Gasteiger partial charge in [-0.15, -0.1) is 0 Å². The molecule has 2 amide bonds. The van der Waals surface area contributed by atoms with Crippen molar-refractivity contribution in [2.75, 3.05) is 32.1 Å². The minimum atomic E-state index is -3.51. The van der Waals surface area contributed by atoms with Gasteiger partial charge < -0.3 is 15.4 Å². The van der Waals surface area contributed by atoms with E-state index in [4.69, 9.17) is 4.74 Å². The van der Waals surface area contributed by atoms with Gasteiger partial charge in [0.05, 0.1) is 24.2 Å². The summed E-state index contributed by atoms with van der Waals surface area (Å²) in [6.45, 7) is 2.80. The van der Waals surface area contributed by atoms with Gasteiger partial charge in [-0.1, -0.05) is 31.0 Å². The molecule has 3 rings (SSSR count). The molecule has 1 aliphatic rings. The Morgan fingerprint density at radius 2 is 1.71 bits per heavy atom. The zero-order valence-electron chi connectivity index (χ0n) is 19.5. The van der Waals surface area contributed by atoms with E-state index >= 15 is 0 Å². The third-order valence-electron chi connectivity index (χ3n) is 5.56. The van der Waals surface area contributed by atoms with Gasteiger partial charge in [-0.25, -0.2) is 8.42 Å². The summed E-state index contributed by atoms with van der Waals surface area (Å²) in [5.74, 6) is -0.284. The lowest BCUT2D eigenvalue weighted by Gasteiger charge is -2.19. The van der Waals surface area contributed by atoms with Crippen LogP contribution in [0.15, 0.2) is 53.4 Å². The molecule has 9 heteroatoms. The largest absolute Gasteiger partial charge is 0.495 e. The Bertz CT molecular complexity index is 1140. The molecule has 0 aliphatic carbocycles. The lowest BCUT2D eigenvalue weighted by atomic mass is 10.2. The third-order valence-corrected chi connectivity index (χ3v) is 7.48. The van der Waals surface area contributed by atoms with Crippen LogP contribution in [0.2, 0.25) is 0 Å². The van der Waals surface area contributed by atoms with Gasteiger partial charge in [0.1, 0.15) is 5.75 Å². The van der Waals surface area contributed by atoms with E-state index in [9.17, 15) is 18.0 Å². The Morgan fingerprint density at radius 3 is 2.35 bits per heavy atom. The third kappa shape index (κ3) is 6.91. The van der Waals surface area contributed by atoms with Crippen molar-refractivity contribution in [1.82, 2.24) is 9.62 Å². The van der Waals surface area contributed by atoms with Gasteiger partial charge in [-0.3, -0.25) is 9.59 Å². The molecule has 8 nitrogen and oxygen atoms in total. The number of hydrogen-bond donors (Lipinski definition) is 2. The number of hydrogen-bond acceptors (Lipinski definition) is 5. The first-order chi connectivity index (χ1) is 16.3. The molecule has 0 bridgehead atoms. The van der Waals surface area contributed by atoms with Gasteiger partial charge in [0.2, 0.25) is 21.8 Å². The molecule has 1 aliphatic heterocycles. The molecule has 1 saturated heterocycles. The van der Waals surface area contributed by atoms with E-state index < -0.39 is 15.9 Å². The normalized spacial score (nSPS) is 15.0. The summed E-state index contributed by atoms with van der Waals surface area (Å²) < 4.78 is 32.5. The predicted molar refractivity (Wildman–Crippen MR) is 132 cm³/mol. The molecule has 1 fully saturated rings. The van der Waals surface area contributed by atoms with Gasteiger partial charge in [0.15, 0.2) is 0 Å². The van der Waals surface area contributed by atoms with Crippen LogP contribution in [0.25, 0.3) is 6.08 Å². The molecule has 0 radical (unpaired) electrons. The van der Waals surface area contributed by atoms with Crippen molar-refractivity contribution in [1.29, 1.82) is 0 Å². The molecule has 34 heavy (non-hydrogen) atoms. The van der Waals surface area contributed by atoms with Crippen molar-refractivity contribution < 1.29 is 22.7 Å². The number of anilines is 1. The summed E-state index contributed by atoms with van der Waals surface area (Å²) in [5.41, 5.74) is 2.18. The summed E-state index contributed by atoms with van der Waals surface area (Å²) in [5, 5.41) is 5.25. The highest BCUT2D eigenvalue weighted by Crippen LogP contribution is 2.25. The molecule has 1 heterocycles. The van der Waals surface area contributed by atoms with Gasteiger partial charge >= 0.3 is 0 Å². The number of aryl methyl sites for hydroxylation is 1. The Balaban J connectivity index is 1.53. The van der Waals surface area contributed by atoms with Crippen molar-refractivity contribution in [2.45, 2.75) is 37.5 Å². The zero-order valence-corrected chi connectivity index (χ0v) is 20.4. The lowest BCUT2D eigenvalue weighted by molar-refractivity contribution is -0.121. The van der Waals surface area contributed by atoms with Crippen LogP contribution < -0.4 is 15.4 Å². The van der Waals surface area contributed by atoms with Crippen LogP contribution in [0, 0.1) is 6.92 Å². The number of nitrogens with one attached hydrogen (secondary N) is 2. The Morgan fingerprint density at radius 1 is 1.03 bits per heavy atom. The molecule has 2 aromatic rings. The Kier molecular flexibility index (Phi) is 8.84. The van der Waals surface area contributed by atoms with Crippen LogP contribution in [-0.4, -0.2) is 51.3 Å². The summed E-state index contributed by atoms with van der Waals surface area (Å²) in [7, 11) is -1.99. The Hall–Kier alpha value is -3.17.